The normalized spacial score (nSPS) is 10.4. The number of anilines is 1. The number of fused-ring (bicyclic) bond motifs is 1. The maximum Gasteiger partial charge on any atom is 0.153 e. The molecule has 0 aromatic carbocycles. The van der Waals surface area contributed by atoms with Gasteiger partial charge in [0.2, 0.25) is 0 Å². The summed E-state index contributed by atoms with van der Waals surface area (Å²) in [7, 11) is 0. The summed E-state index contributed by atoms with van der Waals surface area (Å²) in [6.07, 6.45) is 3.42. The van der Waals surface area contributed by atoms with Gasteiger partial charge in [-0.2, -0.15) is 0 Å². The fourth-order valence-electron chi connectivity index (χ4n) is 1.17. The Labute approximate surface area is 70.0 Å². The average molecular weight is 162 g/mol. The van der Waals surface area contributed by atoms with Crippen LogP contribution in [0.5, 0.6) is 0 Å². The molecule has 2 aromatic rings. The summed E-state index contributed by atoms with van der Waals surface area (Å²) in [6, 6.07) is 1.93. The lowest BCUT2D eigenvalue weighted by Gasteiger charge is -2.01. The largest absolute Gasteiger partial charge is 0.369 e. The molecule has 0 atom stereocenters. The van der Waals surface area contributed by atoms with Crippen LogP contribution in [0.3, 0.4) is 0 Å². The Morgan fingerprint density at radius 3 is 3.25 bits per heavy atom. The van der Waals surface area contributed by atoms with E-state index in [0.29, 0.717) is 0 Å². The van der Waals surface area contributed by atoms with Crippen molar-refractivity contribution >= 4 is 16.9 Å². The topological polar surface area (TPSA) is 53.6 Å². The molecule has 0 saturated heterocycles. The molecule has 2 rings (SSSR count). The van der Waals surface area contributed by atoms with Crippen molar-refractivity contribution < 1.29 is 0 Å². The van der Waals surface area contributed by atoms with Crippen LogP contribution in [0.2, 0.25) is 0 Å². The Morgan fingerprint density at radius 1 is 1.50 bits per heavy atom. The maximum absolute atomic E-state index is 4.12. The monoisotopic (exact) mass is 162 g/mol. The maximum atomic E-state index is 4.12. The van der Waals surface area contributed by atoms with Crippen molar-refractivity contribution in [3.63, 3.8) is 0 Å². The van der Waals surface area contributed by atoms with Crippen molar-refractivity contribution in [2.75, 3.05) is 11.9 Å². The molecule has 0 saturated carbocycles. The van der Waals surface area contributed by atoms with Gasteiger partial charge in [-0.05, 0) is 13.0 Å². The first-order valence-corrected chi connectivity index (χ1v) is 3.93. The average Bonchev–Trinajstić information content (AvgIpc) is 2.53. The molecule has 0 aliphatic rings. The van der Waals surface area contributed by atoms with Gasteiger partial charge in [0.15, 0.2) is 5.82 Å². The second-order valence-electron chi connectivity index (χ2n) is 2.49. The van der Waals surface area contributed by atoms with E-state index in [2.05, 4.69) is 20.3 Å². The number of aromatic nitrogens is 3. The molecule has 62 valence electrons. The number of rotatable bonds is 2. The van der Waals surface area contributed by atoms with Crippen molar-refractivity contribution in [1.82, 2.24) is 15.0 Å². The van der Waals surface area contributed by atoms with Crippen LogP contribution < -0.4 is 5.32 Å². The predicted molar refractivity (Wildman–Crippen MR) is 48.1 cm³/mol. The van der Waals surface area contributed by atoms with Gasteiger partial charge in [0.1, 0.15) is 11.8 Å². The summed E-state index contributed by atoms with van der Waals surface area (Å²) in [5.41, 5.74) is 1.92. The van der Waals surface area contributed by atoms with Gasteiger partial charge in [-0.25, -0.2) is 9.97 Å². The Balaban J connectivity index is 2.57. The van der Waals surface area contributed by atoms with E-state index in [1.165, 1.54) is 0 Å². The molecule has 2 aromatic heterocycles. The number of H-pyrrole nitrogens is 1. The van der Waals surface area contributed by atoms with Crippen LogP contribution >= 0.6 is 0 Å². The summed E-state index contributed by atoms with van der Waals surface area (Å²) < 4.78 is 0. The Hall–Kier alpha value is -1.58. The third-order valence-corrected chi connectivity index (χ3v) is 1.69. The predicted octanol–water partition coefficient (Wildman–Crippen LogP) is 1.39. The van der Waals surface area contributed by atoms with E-state index in [1.807, 2.05) is 19.2 Å². The zero-order valence-corrected chi connectivity index (χ0v) is 6.83. The highest BCUT2D eigenvalue weighted by molar-refractivity contribution is 5.85. The summed E-state index contributed by atoms with van der Waals surface area (Å²) >= 11 is 0. The van der Waals surface area contributed by atoms with Crippen LogP contribution in [0.15, 0.2) is 18.6 Å². The Kier molecular flexibility index (Phi) is 1.66. The quantitative estimate of drug-likeness (QED) is 0.701. The highest BCUT2D eigenvalue weighted by atomic mass is 15.0. The molecule has 0 radical (unpaired) electrons. The SMILES string of the molecule is CCNc1ncnc2cc[nH]c12. The Morgan fingerprint density at radius 2 is 2.42 bits per heavy atom. The number of nitrogens with zero attached hydrogens (tertiary/aromatic N) is 2. The summed E-state index contributed by atoms with van der Waals surface area (Å²) in [5.74, 6) is 0.868. The summed E-state index contributed by atoms with van der Waals surface area (Å²) in [6.45, 7) is 2.90. The lowest BCUT2D eigenvalue weighted by atomic mass is 10.4. The van der Waals surface area contributed by atoms with E-state index < -0.39 is 0 Å². The molecule has 0 aliphatic heterocycles. The highest BCUT2D eigenvalue weighted by Gasteiger charge is 2.01. The zero-order valence-electron chi connectivity index (χ0n) is 6.83. The van der Waals surface area contributed by atoms with Crippen molar-refractivity contribution in [3.8, 4) is 0 Å². The molecule has 4 nitrogen and oxygen atoms in total. The third kappa shape index (κ3) is 1.01. The smallest absolute Gasteiger partial charge is 0.153 e. The molecule has 0 bridgehead atoms. The number of hydrogen-bond acceptors (Lipinski definition) is 3. The second kappa shape index (κ2) is 2.81. The van der Waals surface area contributed by atoms with E-state index >= 15 is 0 Å². The summed E-state index contributed by atoms with van der Waals surface area (Å²) in [5, 5.41) is 3.15. The lowest BCUT2D eigenvalue weighted by molar-refractivity contribution is 1.14. The standard InChI is InChI=1S/C8H10N4/c1-2-9-8-7-6(3-4-10-7)11-5-12-8/h3-5,10H,2H2,1H3,(H,9,11,12). The minimum atomic E-state index is 0.866. The van der Waals surface area contributed by atoms with E-state index in [-0.39, 0.29) is 0 Å². The molecule has 12 heavy (non-hydrogen) atoms. The molecule has 0 fully saturated rings. The van der Waals surface area contributed by atoms with E-state index in [9.17, 15) is 0 Å². The van der Waals surface area contributed by atoms with Gasteiger partial charge in [0.25, 0.3) is 0 Å². The minimum absolute atomic E-state index is 0.866. The number of hydrogen-bond donors (Lipinski definition) is 2. The highest BCUT2D eigenvalue weighted by Crippen LogP contribution is 2.15. The molecule has 4 heteroatoms. The second-order valence-corrected chi connectivity index (χ2v) is 2.49. The molecule has 0 amide bonds. The molecule has 0 aliphatic carbocycles. The Bertz CT molecular complexity index is 379. The first-order valence-electron chi connectivity index (χ1n) is 3.93. The molecule has 2 heterocycles. The lowest BCUT2D eigenvalue weighted by Crippen LogP contribution is -2.00. The van der Waals surface area contributed by atoms with Crippen LogP contribution in [0, 0.1) is 0 Å². The van der Waals surface area contributed by atoms with Crippen molar-refractivity contribution in [2.24, 2.45) is 0 Å². The number of aromatic amines is 1. The summed E-state index contributed by atoms with van der Waals surface area (Å²) in [4.78, 5) is 11.3. The fraction of sp³-hybridized carbons (Fsp3) is 0.250. The van der Waals surface area contributed by atoms with Gasteiger partial charge < -0.3 is 10.3 Å². The van der Waals surface area contributed by atoms with E-state index in [4.69, 9.17) is 0 Å². The van der Waals surface area contributed by atoms with Gasteiger partial charge in [0, 0.05) is 12.7 Å². The van der Waals surface area contributed by atoms with Crippen LogP contribution in [0.4, 0.5) is 5.82 Å². The van der Waals surface area contributed by atoms with Gasteiger partial charge in [-0.15, -0.1) is 0 Å². The van der Waals surface area contributed by atoms with Gasteiger partial charge in [-0.3, -0.25) is 0 Å². The molecule has 2 N–H and O–H groups in total. The van der Waals surface area contributed by atoms with E-state index in [1.54, 1.807) is 6.33 Å². The molecular weight excluding hydrogens is 152 g/mol. The van der Waals surface area contributed by atoms with Gasteiger partial charge >= 0.3 is 0 Å². The van der Waals surface area contributed by atoms with Crippen LogP contribution in [-0.2, 0) is 0 Å². The fourth-order valence-corrected chi connectivity index (χ4v) is 1.17. The van der Waals surface area contributed by atoms with Gasteiger partial charge in [0.05, 0.1) is 5.52 Å². The first kappa shape index (κ1) is 7.09. The zero-order chi connectivity index (χ0) is 8.39. The molecule has 0 unspecified atom stereocenters. The van der Waals surface area contributed by atoms with E-state index in [0.717, 1.165) is 23.4 Å². The third-order valence-electron chi connectivity index (χ3n) is 1.69. The molecule has 0 spiro atoms. The van der Waals surface area contributed by atoms with Crippen molar-refractivity contribution in [1.29, 1.82) is 0 Å². The first-order chi connectivity index (χ1) is 5.92. The van der Waals surface area contributed by atoms with Gasteiger partial charge in [-0.1, -0.05) is 0 Å². The van der Waals surface area contributed by atoms with Crippen LogP contribution in [-0.4, -0.2) is 21.5 Å². The van der Waals surface area contributed by atoms with Crippen LogP contribution in [0.25, 0.3) is 11.0 Å². The minimum Gasteiger partial charge on any atom is -0.369 e. The molecular formula is C8H10N4. The van der Waals surface area contributed by atoms with Crippen molar-refractivity contribution in [3.05, 3.63) is 18.6 Å². The van der Waals surface area contributed by atoms with Crippen molar-refractivity contribution in [2.45, 2.75) is 6.92 Å². The number of nitrogens with one attached hydrogen (secondary N) is 2. The van der Waals surface area contributed by atoms with Crippen LogP contribution in [0.1, 0.15) is 6.92 Å².